The second-order valence-corrected chi connectivity index (χ2v) is 12.8. The normalized spacial score (nSPS) is 17.0. The number of carbonyl (C=O) groups is 2. The topological polar surface area (TPSA) is 138 Å². The van der Waals surface area contributed by atoms with Gasteiger partial charge in [-0.1, -0.05) is 67.4 Å². The number of aryl methyl sites for hydroxylation is 1. The number of carbonyl (C=O) groups excluding carboxylic acids is 2. The van der Waals surface area contributed by atoms with Crippen molar-refractivity contribution in [2.45, 2.75) is 97.4 Å². The molecular formula is C39H52N6O3. The highest BCUT2D eigenvalue weighted by molar-refractivity contribution is 5.93. The van der Waals surface area contributed by atoms with Gasteiger partial charge in [0.1, 0.15) is 6.54 Å². The van der Waals surface area contributed by atoms with Gasteiger partial charge in [0.05, 0.1) is 18.0 Å². The van der Waals surface area contributed by atoms with Crippen LogP contribution >= 0.6 is 0 Å². The predicted octanol–water partition coefficient (Wildman–Crippen LogP) is 7.13. The van der Waals surface area contributed by atoms with Gasteiger partial charge >= 0.3 is 0 Å². The van der Waals surface area contributed by atoms with Crippen molar-refractivity contribution in [1.29, 1.82) is 5.26 Å². The summed E-state index contributed by atoms with van der Waals surface area (Å²) in [5.41, 5.74) is 11.5. The van der Waals surface area contributed by atoms with Gasteiger partial charge < -0.3 is 20.4 Å². The average molecular weight is 653 g/mol. The third kappa shape index (κ3) is 9.29. The van der Waals surface area contributed by atoms with E-state index in [1.165, 1.54) is 11.1 Å². The van der Waals surface area contributed by atoms with Gasteiger partial charge in [0.15, 0.2) is 0 Å². The molecule has 2 amide bonds. The number of nitrogens with zero attached hydrogens (tertiary/aromatic N) is 4. The molecule has 48 heavy (non-hydrogen) atoms. The largest absolute Gasteiger partial charge is 0.419 e. The number of nitrogens with one attached hydrogen (secondary N) is 1. The molecule has 1 aromatic heterocycles. The van der Waals surface area contributed by atoms with Gasteiger partial charge in [0.25, 0.3) is 0 Å². The number of amides is 2. The van der Waals surface area contributed by atoms with Crippen LogP contribution < -0.4 is 11.1 Å². The maximum atomic E-state index is 13.3. The molecule has 3 rings (SSSR count). The van der Waals surface area contributed by atoms with Crippen LogP contribution in [0.4, 0.5) is 0 Å². The highest BCUT2D eigenvalue weighted by Crippen LogP contribution is 2.50. The Morgan fingerprint density at radius 1 is 1.27 bits per heavy atom. The minimum atomic E-state index is -0.878. The summed E-state index contributed by atoms with van der Waals surface area (Å²) in [6.45, 7) is 18.9. The number of nitriles is 1. The first-order valence-electron chi connectivity index (χ1n) is 17.0. The molecule has 3 N–H and O–H groups in total. The van der Waals surface area contributed by atoms with Crippen LogP contribution in [0.5, 0.6) is 0 Å². The third-order valence-electron chi connectivity index (χ3n) is 9.07. The molecule has 2 atom stereocenters. The molecule has 1 aromatic carbocycles. The fourth-order valence-corrected chi connectivity index (χ4v) is 6.51. The summed E-state index contributed by atoms with van der Waals surface area (Å²) < 4.78 is 6.64. The van der Waals surface area contributed by atoms with E-state index < -0.39 is 11.3 Å². The van der Waals surface area contributed by atoms with Crippen molar-refractivity contribution in [3.8, 4) is 6.07 Å². The summed E-state index contributed by atoms with van der Waals surface area (Å²) in [7, 11) is 0. The Morgan fingerprint density at radius 3 is 2.69 bits per heavy atom. The number of fused-ring (bicyclic) bond motifs is 1. The van der Waals surface area contributed by atoms with E-state index >= 15 is 0 Å². The first-order chi connectivity index (χ1) is 23.0. The monoisotopic (exact) mass is 652 g/mol. The number of hydrogen-bond donors (Lipinski definition) is 2. The maximum Gasteiger partial charge on any atom is 0.248 e. The lowest BCUT2D eigenvalue weighted by Crippen LogP contribution is -2.45. The second-order valence-electron chi connectivity index (χ2n) is 12.8. The smallest absolute Gasteiger partial charge is 0.248 e. The van der Waals surface area contributed by atoms with Gasteiger partial charge in [-0.25, -0.2) is 0 Å². The zero-order valence-corrected chi connectivity index (χ0v) is 29.4. The van der Waals surface area contributed by atoms with Crippen molar-refractivity contribution in [3.63, 3.8) is 0 Å². The number of allylic oxidation sites excluding steroid dienone is 8. The number of primary amides is 1. The molecule has 0 spiro atoms. The predicted molar refractivity (Wildman–Crippen MR) is 192 cm³/mol. The molecule has 256 valence electrons. The van der Waals surface area contributed by atoms with E-state index in [1.54, 1.807) is 17.0 Å². The molecular weight excluding hydrogens is 600 g/mol. The number of nitrogens with two attached hydrogens (primary N) is 1. The standard InChI is InChI=1S/C39H52N6O3/c1-8-11-13-22-45(23-21-40)35(46)26-42-29(7)25-39(38-44-43-37(48-38)30(10-3)14-12-9-2)33(19-15-27(4)5)28(6)16-17-31-24-32(36(41)47)18-20-34(31)39/h9-10,12,14,18,20,24,29,42H,2,4,8,11,13,15-17,19,22-23,25-26H2,1,3,5-7H3,(H2,41,47)/b14-12-,30-10+/t29-,39?/m1/s1. The SMILES string of the molecule is C=C/C=C\C(=C/C)c1nnc(C2(C[C@@H](C)NCC(=O)N(CC#N)CCCCC)C(CCC(=C)C)=C(C)CCc3cc(C(N)=O)ccc32)o1. The van der Waals surface area contributed by atoms with Crippen molar-refractivity contribution in [2.75, 3.05) is 19.6 Å². The molecule has 0 bridgehead atoms. The van der Waals surface area contributed by atoms with Crippen LogP contribution in [0.1, 0.15) is 113 Å². The van der Waals surface area contributed by atoms with Crippen molar-refractivity contribution in [2.24, 2.45) is 5.73 Å². The van der Waals surface area contributed by atoms with Crippen molar-refractivity contribution < 1.29 is 14.0 Å². The second kappa shape index (κ2) is 18.1. The van der Waals surface area contributed by atoms with Crippen LogP contribution in [0.3, 0.4) is 0 Å². The van der Waals surface area contributed by atoms with Gasteiger partial charge in [-0.15, -0.1) is 16.8 Å². The van der Waals surface area contributed by atoms with Crippen LogP contribution in [0.15, 0.2) is 76.8 Å². The molecule has 1 aliphatic rings. The Morgan fingerprint density at radius 2 is 2.04 bits per heavy atom. The Hall–Kier alpha value is -4.55. The van der Waals surface area contributed by atoms with Gasteiger partial charge in [0, 0.05) is 23.7 Å². The van der Waals surface area contributed by atoms with Crippen LogP contribution in [0.2, 0.25) is 0 Å². The molecule has 1 aliphatic carbocycles. The summed E-state index contributed by atoms with van der Waals surface area (Å²) >= 11 is 0. The summed E-state index contributed by atoms with van der Waals surface area (Å²) in [6, 6.07) is 7.58. The molecule has 0 aliphatic heterocycles. The molecule has 0 radical (unpaired) electrons. The van der Waals surface area contributed by atoms with Gasteiger partial charge in [-0.2, -0.15) is 5.26 Å². The molecule has 0 fully saturated rings. The molecule has 2 aromatic rings. The van der Waals surface area contributed by atoms with E-state index in [1.807, 2.05) is 44.2 Å². The summed E-state index contributed by atoms with van der Waals surface area (Å²) in [6.07, 6.45) is 13.7. The highest BCUT2D eigenvalue weighted by atomic mass is 16.4. The van der Waals surface area contributed by atoms with E-state index in [0.29, 0.717) is 36.7 Å². The quantitative estimate of drug-likeness (QED) is 0.0756. The summed E-state index contributed by atoms with van der Waals surface area (Å²) in [4.78, 5) is 27.2. The van der Waals surface area contributed by atoms with E-state index in [9.17, 15) is 14.9 Å². The minimum absolute atomic E-state index is 0.0590. The van der Waals surface area contributed by atoms with Crippen molar-refractivity contribution in [1.82, 2.24) is 20.4 Å². The van der Waals surface area contributed by atoms with Crippen molar-refractivity contribution >= 4 is 17.4 Å². The number of rotatable bonds is 18. The fourth-order valence-electron chi connectivity index (χ4n) is 6.51. The van der Waals surface area contributed by atoms with E-state index in [2.05, 4.69) is 50.4 Å². The number of hydrogen-bond acceptors (Lipinski definition) is 7. The van der Waals surface area contributed by atoms with Crippen LogP contribution in [-0.4, -0.2) is 52.6 Å². The molecule has 0 saturated heterocycles. The van der Waals surface area contributed by atoms with Crippen LogP contribution in [0.25, 0.3) is 5.57 Å². The maximum absolute atomic E-state index is 13.3. The third-order valence-corrected chi connectivity index (χ3v) is 9.07. The highest BCUT2D eigenvalue weighted by Gasteiger charge is 2.47. The fraction of sp³-hybridized carbons (Fsp3) is 0.462. The van der Waals surface area contributed by atoms with Crippen LogP contribution in [-0.2, 0) is 16.6 Å². The Labute approximate surface area is 286 Å². The summed E-state index contributed by atoms with van der Waals surface area (Å²) in [5.74, 6) is 0.236. The lowest BCUT2D eigenvalue weighted by Gasteiger charge is -2.38. The molecule has 9 heteroatoms. The number of unbranched alkanes of at least 4 members (excludes halogenated alkanes) is 2. The zero-order chi connectivity index (χ0) is 35.3. The Balaban J connectivity index is 2.20. The van der Waals surface area contributed by atoms with Gasteiger partial charge in [-0.05, 0) is 95.6 Å². The lowest BCUT2D eigenvalue weighted by molar-refractivity contribution is -0.129. The van der Waals surface area contributed by atoms with E-state index in [0.717, 1.165) is 60.8 Å². The van der Waals surface area contributed by atoms with E-state index in [4.69, 9.17) is 15.2 Å². The van der Waals surface area contributed by atoms with Crippen molar-refractivity contribution in [3.05, 3.63) is 101 Å². The van der Waals surface area contributed by atoms with Gasteiger partial charge in [0.2, 0.25) is 23.6 Å². The molecule has 0 saturated carbocycles. The Kier molecular flexibility index (Phi) is 14.3. The molecule has 1 unspecified atom stereocenters. The minimum Gasteiger partial charge on any atom is -0.419 e. The van der Waals surface area contributed by atoms with Crippen LogP contribution in [0, 0.1) is 11.3 Å². The van der Waals surface area contributed by atoms with E-state index in [-0.39, 0.29) is 25.0 Å². The molecule has 1 heterocycles. The first-order valence-corrected chi connectivity index (χ1v) is 17.0. The molecule has 9 nitrogen and oxygen atoms in total. The summed E-state index contributed by atoms with van der Waals surface area (Å²) in [5, 5.41) is 22.1. The average Bonchev–Trinajstić information content (AvgIpc) is 3.52. The zero-order valence-electron chi connectivity index (χ0n) is 29.4. The lowest BCUT2D eigenvalue weighted by atomic mass is 9.66. The number of benzene rings is 1. The number of aromatic nitrogens is 2. The Bertz CT molecular complexity index is 1610. The first kappa shape index (κ1) is 37.9. The van der Waals surface area contributed by atoms with Gasteiger partial charge in [-0.3, -0.25) is 9.59 Å².